The molecule has 0 atom stereocenters. The van der Waals surface area contributed by atoms with Crippen LogP contribution < -0.4 is 10.1 Å². The number of benzene rings is 1. The average Bonchev–Trinajstić information content (AvgIpc) is 2.61. The van der Waals surface area contributed by atoms with Crippen molar-refractivity contribution in [3.63, 3.8) is 0 Å². The van der Waals surface area contributed by atoms with Gasteiger partial charge in [0.15, 0.2) is 0 Å². The van der Waals surface area contributed by atoms with Gasteiger partial charge in [-0.1, -0.05) is 18.2 Å². The number of hydrogen-bond acceptors (Lipinski definition) is 9. The molecule has 0 aliphatic heterocycles. The molecule has 1 heterocycles. The van der Waals surface area contributed by atoms with Crippen LogP contribution in [0.2, 0.25) is 0 Å². The third-order valence-electron chi connectivity index (χ3n) is 2.93. The SMILES string of the molecule is COC(=O)N(C(=S)Nc1nc(C)nc(OC)n1)S(=O)(=O)c1ccccc1. The molecule has 2 rings (SSSR count). The number of hydrogen-bond donors (Lipinski definition) is 1. The van der Waals surface area contributed by atoms with Gasteiger partial charge < -0.3 is 9.47 Å². The Morgan fingerprint density at radius 2 is 1.81 bits per heavy atom. The second kappa shape index (κ2) is 8.01. The van der Waals surface area contributed by atoms with E-state index in [1.807, 2.05) is 0 Å². The second-order valence-electron chi connectivity index (χ2n) is 4.68. The Labute approximate surface area is 155 Å². The molecule has 10 nitrogen and oxygen atoms in total. The number of nitrogens with zero attached hydrogens (tertiary/aromatic N) is 4. The molecule has 0 fully saturated rings. The fraction of sp³-hybridized carbons (Fsp3) is 0.214. The molecule has 1 N–H and O–H groups in total. The van der Waals surface area contributed by atoms with Crippen molar-refractivity contribution < 1.29 is 22.7 Å². The van der Waals surface area contributed by atoms with E-state index >= 15 is 0 Å². The quantitative estimate of drug-likeness (QED) is 0.756. The van der Waals surface area contributed by atoms with Crippen LogP contribution in [0.1, 0.15) is 5.82 Å². The number of nitrogens with one attached hydrogen (secondary N) is 1. The molecule has 26 heavy (non-hydrogen) atoms. The minimum atomic E-state index is -4.30. The monoisotopic (exact) mass is 397 g/mol. The van der Waals surface area contributed by atoms with Gasteiger partial charge in [0.05, 0.1) is 19.1 Å². The highest BCUT2D eigenvalue weighted by atomic mass is 32.2. The van der Waals surface area contributed by atoms with Crippen molar-refractivity contribution >= 4 is 39.4 Å². The summed E-state index contributed by atoms with van der Waals surface area (Å²) in [6.45, 7) is 1.58. The maximum atomic E-state index is 12.8. The van der Waals surface area contributed by atoms with Crippen molar-refractivity contribution in [1.82, 2.24) is 19.3 Å². The van der Waals surface area contributed by atoms with E-state index in [4.69, 9.17) is 17.0 Å². The van der Waals surface area contributed by atoms with Crippen LogP contribution in [0.15, 0.2) is 35.2 Å². The van der Waals surface area contributed by atoms with E-state index < -0.39 is 21.2 Å². The topological polar surface area (TPSA) is 124 Å². The summed E-state index contributed by atoms with van der Waals surface area (Å²) < 4.78 is 35.3. The Balaban J connectivity index is 2.40. The molecule has 0 spiro atoms. The van der Waals surface area contributed by atoms with Crippen molar-refractivity contribution in [1.29, 1.82) is 0 Å². The number of carbonyl (C=O) groups excluding carboxylic acids is 1. The Morgan fingerprint density at radius 3 is 2.38 bits per heavy atom. The molecule has 138 valence electrons. The van der Waals surface area contributed by atoms with Crippen LogP contribution >= 0.6 is 12.2 Å². The molecule has 0 aliphatic carbocycles. The number of anilines is 1. The third kappa shape index (κ3) is 4.21. The van der Waals surface area contributed by atoms with Gasteiger partial charge in [0.25, 0.3) is 10.0 Å². The summed E-state index contributed by atoms with van der Waals surface area (Å²) in [5.41, 5.74) is 0. The maximum Gasteiger partial charge on any atom is 0.430 e. The predicted molar refractivity (Wildman–Crippen MR) is 95.2 cm³/mol. The molecule has 1 amide bonds. The van der Waals surface area contributed by atoms with Gasteiger partial charge >= 0.3 is 12.1 Å². The van der Waals surface area contributed by atoms with Crippen LogP contribution in [0, 0.1) is 6.92 Å². The first-order valence-electron chi connectivity index (χ1n) is 7.05. The zero-order valence-electron chi connectivity index (χ0n) is 14.0. The van der Waals surface area contributed by atoms with E-state index in [9.17, 15) is 13.2 Å². The lowest BCUT2D eigenvalue weighted by Crippen LogP contribution is -2.44. The summed E-state index contributed by atoms with van der Waals surface area (Å²) in [4.78, 5) is 23.7. The number of methoxy groups -OCH3 is 2. The highest BCUT2D eigenvalue weighted by Crippen LogP contribution is 2.18. The van der Waals surface area contributed by atoms with Crippen molar-refractivity contribution in [2.24, 2.45) is 0 Å². The van der Waals surface area contributed by atoms with Crippen molar-refractivity contribution in [3.05, 3.63) is 36.2 Å². The molecule has 0 radical (unpaired) electrons. The number of rotatable bonds is 4. The summed E-state index contributed by atoms with van der Waals surface area (Å²) in [5.74, 6) is 0.217. The minimum absolute atomic E-state index is 0.00154. The fourth-order valence-corrected chi connectivity index (χ4v) is 3.53. The lowest BCUT2D eigenvalue weighted by Gasteiger charge is -2.21. The van der Waals surface area contributed by atoms with Crippen LogP contribution in [0.5, 0.6) is 6.01 Å². The molecular weight excluding hydrogens is 382 g/mol. The largest absolute Gasteiger partial charge is 0.467 e. The van der Waals surface area contributed by atoms with E-state index in [2.05, 4.69) is 25.0 Å². The summed E-state index contributed by atoms with van der Waals surface area (Å²) >= 11 is 5.06. The smallest absolute Gasteiger partial charge is 0.430 e. The van der Waals surface area contributed by atoms with Crippen LogP contribution in [0.25, 0.3) is 0 Å². The summed E-state index contributed by atoms with van der Waals surface area (Å²) in [7, 11) is -1.91. The highest BCUT2D eigenvalue weighted by molar-refractivity contribution is 7.92. The Morgan fingerprint density at radius 1 is 1.15 bits per heavy atom. The van der Waals surface area contributed by atoms with Crippen molar-refractivity contribution in [2.45, 2.75) is 11.8 Å². The molecule has 1 aromatic carbocycles. The van der Waals surface area contributed by atoms with Crippen molar-refractivity contribution in [2.75, 3.05) is 19.5 Å². The van der Waals surface area contributed by atoms with Gasteiger partial charge in [-0.2, -0.15) is 15.0 Å². The van der Waals surface area contributed by atoms with E-state index in [1.54, 1.807) is 13.0 Å². The van der Waals surface area contributed by atoms with E-state index in [0.717, 1.165) is 7.11 Å². The molecule has 0 saturated heterocycles. The van der Waals surface area contributed by atoms with Gasteiger partial charge in [-0.15, -0.1) is 4.31 Å². The molecule has 0 saturated carbocycles. The molecular formula is C14H15N5O5S2. The van der Waals surface area contributed by atoms with Crippen LogP contribution in [-0.2, 0) is 14.8 Å². The second-order valence-corrected chi connectivity index (χ2v) is 6.85. The van der Waals surface area contributed by atoms with Gasteiger partial charge in [0, 0.05) is 0 Å². The molecule has 2 aromatic rings. The van der Waals surface area contributed by atoms with Crippen LogP contribution in [0.4, 0.5) is 10.7 Å². The minimum Gasteiger partial charge on any atom is -0.467 e. The number of ether oxygens (including phenoxy) is 2. The normalized spacial score (nSPS) is 10.7. The number of thiocarbonyl (C=S) groups is 1. The number of aryl methyl sites for hydroxylation is 1. The lowest BCUT2D eigenvalue weighted by atomic mass is 10.4. The van der Waals surface area contributed by atoms with Gasteiger partial charge in [-0.25, -0.2) is 13.2 Å². The predicted octanol–water partition coefficient (Wildman–Crippen LogP) is 1.34. The Kier molecular flexibility index (Phi) is 6.00. The number of aromatic nitrogens is 3. The van der Waals surface area contributed by atoms with Crippen LogP contribution in [-0.4, -0.2) is 53.1 Å². The number of amides is 1. The molecule has 0 unspecified atom stereocenters. The first-order valence-corrected chi connectivity index (χ1v) is 8.90. The van der Waals surface area contributed by atoms with E-state index in [0.29, 0.717) is 10.1 Å². The number of carbonyl (C=O) groups is 1. The zero-order chi connectivity index (χ0) is 19.3. The molecule has 0 aliphatic rings. The lowest BCUT2D eigenvalue weighted by molar-refractivity contribution is 0.162. The maximum absolute atomic E-state index is 12.8. The molecule has 0 bridgehead atoms. The Hall–Kier alpha value is -2.86. The first-order chi connectivity index (χ1) is 12.3. The standard InChI is InChI=1S/C14H15N5O5S2/c1-9-15-11(17-12(16-9)23-2)18-13(25)19(14(20)24-3)26(21,22)10-7-5-4-6-8-10/h4-8H,1-3H3,(H,15,16,17,18,25). The highest BCUT2D eigenvalue weighted by Gasteiger charge is 2.34. The van der Waals surface area contributed by atoms with Crippen LogP contribution in [0.3, 0.4) is 0 Å². The summed E-state index contributed by atoms with van der Waals surface area (Å²) in [6, 6.07) is 7.31. The van der Waals surface area contributed by atoms with Gasteiger partial charge in [-0.05, 0) is 31.3 Å². The molecule has 1 aromatic heterocycles. The van der Waals surface area contributed by atoms with Gasteiger partial charge in [0.1, 0.15) is 5.82 Å². The van der Waals surface area contributed by atoms with Crippen molar-refractivity contribution in [3.8, 4) is 6.01 Å². The van der Waals surface area contributed by atoms with E-state index in [1.165, 1.54) is 31.4 Å². The van der Waals surface area contributed by atoms with Gasteiger partial charge in [-0.3, -0.25) is 5.32 Å². The Bertz CT molecular complexity index is 921. The van der Waals surface area contributed by atoms with E-state index in [-0.39, 0.29) is 16.9 Å². The fourth-order valence-electron chi connectivity index (χ4n) is 1.82. The summed E-state index contributed by atoms with van der Waals surface area (Å²) in [6.07, 6.45) is -1.19. The average molecular weight is 397 g/mol. The first kappa shape index (κ1) is 19.5. The summed E-state index contributed by atoms with van der Waals surface area (Å²) in [5, 5.41) is 1.99. The number of sulfonamides is 1. The zero-order valence-corrected chi connectivity index (χ0v) is 15.7. The molecule has 12 heteroatoms. The third-order valence-corrected chi connectivity index (χ3v) is 5.01. The van der Waals surface area contributed by atoms with Gasteiger partial charge in [0.2, 0.25) is 11.1 Å².